The molecule has 6 heteroatoms. The van der Waals surface area contributed by atoms with E-state index in [9.17, 15) is 8.42 Å². The Kier molecular flexibility index (Phi) is 5.41. The van der Waals surface area contributed by atoms with Crippen LogP contribution in [0.4, 0.5) is 5.82 Å². The highest BCUT2D eigenvalue weighted by atomic mass is 32.2. The van der Waals surface area contributed by atoms with Crippen LogP contribution in [0.1, 0.15) is 18.4 Å². The lowest BCUT2D eigenvalue weighted by Crippen LogP contribution is -2.24. The van der Waals surface area contributed by atoms with Gasteiger partial charge in [0.25, 0.3) is 0 Å². The number of aromatic nitrogens is 1. The first-order valence-electron chi connectivity index (χ1n) is 9.47. The third-order valence-corrected chi connectivity index (χ3v) is 6.40. The number of hydrogen-bond donors (Lipinski definition) is 1. The largest absolute Gasteiger partial charge is 0.357 e. The van der Waals surface area contributed by atoms with Crippen molar-refractivity contribution in [3.63, 3.8) is 0 Å². The summed E-state index contributed by atoms with van der Waals surface area (Å²) >= 11 is 0. The Morgan fingerprint density at radius 3 is 2.29 bits per heavy atom. The second-order valence-electron chi connectivity index (χ2n) is 6.93. The van der Waals surface area contributed by atoms with Gasteiger partial charge in [-0.25, -0.2) is 18.1 Å². The molecule has 5 nitrogen and oxygen atoms in total. The van der Waals surface area contributed by atoms with Crippen LogP contribution in [0.3, 0.4) is 0 Å². The lowest BCUT2D eigenvalue weighted by atomic mass is 10.1. The van der Waals surface area contributed by atoms with Crippen molar-refractivity contribution >= 4 is 15.8 Å². The third kappa shape index (κ3) is 4.24. The molecule has 0 bridgehead atoms. The predicted molar refractivity (Wildman–Crippen MR) is 112 cm³/mol. The molecule has 0 unspecified atom stereocenters. The minimum atomic E-state index is -3.57. The van der Waals surface area contributed by atoms with E-state index in [2.05, 4.69) is 14.6 Å². The van der Waals surface area contributed by atoms with Crippen molar-refractivity contribution in [3.8, 4) is 11.1 Å². The van der Waals surface area contributed by atoms with Gasteiger partial charge in [-0.15, -0.1) is 0 Å². The van der Waals surface area contributed by atoms with Crippen molar-refractivity contribution in [2.75, 3.05) is 18.0 Å². The number of pyridine rings is 1. The summed E-state index contributed by atoms with van der Waals surface area (Å²) in [5.74, 6) is 0.918. The van der Waals surface area contributed by atoms with Crippen LogP contribution >= 0.6 is 0 Å². The van der Waals surface area contributed by atoms with Crippen molar-refractivity contribution < 1.29 is 8.42 Å². The van der Waals surface area contributed by atoms with Crippen LogP contribution < -0.4 is 9.62 Å². The van der Waals surface area contributed by atoms with E-state index < -0.39 is 10.0 Å². The molecule has 1 N–H and O–H groups in total. The summed E-state index contributed by atoms with van der Waals surface area (Å²) in [5, 5.41) is 0. The van der Waals surface area contributed by atoms with E-state index in [1.165, 1.54) is 12.8 Å². The minimum Gasteiger partial charge on any atom is -0.357 e. The van der Waals surface area contributed by atoms with Gasteiger partial charge in [0.15, 0.2) is 0 Å². The van der Waals surface area contributed by atoms with E-state index in [1.807, 2.05) is 54.6 Å². The molecule has 1 aliphatic rings. The van der Waals surface area contributed by atoms with E-state index in [-0.39, 0.29) is 11.4 Å². The number of hydrogen-bond acceptors (Lipinski definition) is 4. The molecule has 1 saturated heterocycles. The lowest BCUT2D eigenvalue weighted by Gasteiger charge is -2.17. The maximum absolute atomic E-state index is 12.7. The number of nitrogens with one attached hydrogen (secondary N) is 1. The molecule has 1 aromatic heterocycles. The van der Waals surface area contributed by atoms with Crippen molar-refractivity contribution in [1.29, 1.82) is 0 Å². The van der Waals surface area contributed by atoms with Gasteiger partial charge in [-0.2, -0.15) is 0 Å². The minimum absolute atomic E-state index is 0.242. The van der Waals surface area contributed by atoms with Crippen molar-refractivity contribution in [2.24, 2.45) is 0 Å². The van der Waals surface area contributed by atoms with Gasteiger partial charge >= 0.3 is 0 Å². The summed E-state index contributed by atoms with van der Waals surface area (Å²) in [4.78, 5) is 6.91. The summed E-state index contributed by atoms with van der Waals surface area (Å²) < 4.78 is 28.0. The number of benzene rings is 2. The highest BCUT2D eigenvalue weighted by molar-refractivity contribution is 7.89. The first-order valence-corrected chi connectivity index (χ1v) is 11.0. The first kappa shape index (κ1) is 18.7. The summed E-state index contributed by atoms with van der Waals surface area (Å²) in [5.41, 5.74) is 2.95. The van der Waals surface area contributed by atoms with Gasteiger partial charge in [0, 0.05) is 25.8 Å². The van der Waals surface area contributed by atoms with Crippen LogP contribution in [-0.2, 0) is 16.6 Å². The molecule has 4 rings (SSSR count). The van der Waals surface area contributed by atoms with Gasteiger partial charge in [-0.1, -0.05) is 42.5 Å². The van der Waals surface area contributed by atoms with Crippen LogP contribution in [0, 0.1) is 0 Å². The van der Waals surface area contributed by atoms with Crippen molar-refractivity contribution in [3.05, 3.63) is 78.5 Å². The normalized spacial score (nSPS) is 14.4. The first-order chi connectivity index (χ1) is 13.6. The molecule has 0 aliphatic carbocycles. The standard InChI is InChI=1S/C22H23N3O2S/c26-28(27,21-10-8-20(9-11-21)19-6-2-1-3-7-19)24-17-18-12-13-23-22(16-18)25-14-4-5-15-25/h1-3,6-13,16,24H,4-5,14-15,17H2. The van der Waals surface area contributed by atoms with Gasteiger partial charge < -0.3 is 4.90 Å². The number of anilines is 1. The van der Waals surface area contributed by atoms with Gasteiger partial charge in [0.1, 0.15) is 5.82 Å². The van der Waals surface area contributed by atoms with Crippen LogP contribution in [0.2, 0.25) is 0 Å². The molecule has 1 fully saturated rings. The van der Waals surface area contributed by atoms with Gasteiger partial charge in [0.2, 0.25) is 10.0 Å². The maximum atomic E-state index is 12.7. The monoisotopic (exact) mass is 393 g/mol. The Labute approximate surface area is 166 Å². The second-order valence-corrected chi connectivity index (χ2v) is 8.70. The van der Waals surface area contributed by atoms with Crippen molar-refractivity contribution in [1.82, 2.24) is 9.71 Å². The zero-order chi connectivity index (χ0) is 19.4. The van der Waals surface area contributed by atoms with Crippen LogP contribution in [-0.4, -0.2) is 26.5 Å². The molecule has 1 aliphatic heterocycles. The molecule has 2 heterocycles. The average molecular weight is 394 g/mol. The number of nitrogens with zero attached hydrogens (tertiary/aromatic N) is 2. The summed E-state index contributed by atoms with van der Waals surface area (Å²) in [6.07, 6.45) is 4.10. The SMILES string of the molecule is O=S(=O)(NCc1ccnc(N2CCCC2)c1)c1ccc(-c2ccccc2)cc1. The molecule has 144 valence electrons. The van der Waals surface area contributed by atoms with Crippen LogP contribution in [0.5, 0.6) is 0 Å². The molecule has 2 aromatic carbocycles. The van der Waals surface area contributed by atoms with E-state index in [0.717, 1.165) is 35.6 Å². The maximum Gasteiger partial charge on any atom is 0.240 e. The van der Waals surface area contributed by atoms with Gasteiger partial charge in [0.05, 0.1) is 4.90 Å². The van der Waals surface area contributed by atoms with E-state index in [0.29, 0.717) is 0 Å². The Bertz CT molecular complexity index is 1030. The van der Waals surface area contributed by atoms with Crippen molar-refractivity contribution in [2.45, 2.75) is 24.3 Å². The fourth-order valence-corrected chi connectivity index (χ4v) is 4.43. The molecular weight excluding hydrogens is 370 g/mol. The van der Waals surface area contributed by atoms with Crippen LogP contribution in [0.15, 0.2) is 77.8 Å². The molecule has 0 spiro atoms. The van der Waals surface area contributed by atoms with Gasteiger partial charge in [-0.3, -0.25) is 0 Å². The fourth-order valence-electron chi connectivity index (χ4n) is 3.41. The highest BCUT2D eigenvalue weighted by Crippen LogP contribution is 2.22. The summed E-state index contributed by atoms with van der Waals surface area (Å²) in [6.45, 7) is 2.26. The molecule has 3 aromatic rings. The summed E-state index contributed by atoms with van der Waals surface area (Å²) in [6, 6.07) is 20.7. The topological polar surface area (TPSA) is 62.3 Å². The Hall–Kier alpha value is -2.70. The average Bonchev–Trinajstić information content (AvgIpc) is 3.28. The smallest absolute Gasteiger partial charge is 0.240 e. The second kappa shape index (κ2) is 8.12. The lowest BCUT2D eigenvalue weighted by molar-refractivity contribution is 0.581. The zero-order valence-electron chi connectivity index (χ0n) is 15.6. The summed E-state index contributed by atoms with van der Waals surface area (Å²) in [7, 11) is -3.57. The van der Waals surface area contributed by atoms with E-state index >= 15 is 0 Å². The Balaban J connectivity index is 1.45. The molecule has 0 atom stereocenters. The zero-order valence-corrected chi connectivity index (χ0v) is 16.4. The van der Waals surface area contributed by atoms with E-state index in [1.54, 1.807) is 18.3 Å². The molecular formula is C22H23N3O2S. The van der Waals surface area contributed by atoms with E-state index in [4.69, 9.17) is 0 Å². The number of sulfonamides is 1. The molecule has 0 radical (unpaired) electrons. The van der Waals surface area contributed by atoms with Gasteiger partial charge in [-0.05, 0) is 53.8 Å². The molecule has 0 amide bonds. The molecule has 28 heavy (non-hydrogen) atoms. The quantitative estimate of drug-likeness (QED) is 0.691. The Morgan fingerprint density at radius 2 is 1.57 bits per heavy atom. The van der Waals surface area contributed by atoms with Crippen LogP contribution in [0.25, 0.3) is 11.1 Å². The Morgan fingerprint density at radius 1 is 0.893 bits per heavy atom. The predicted octanol–water partition coefficient (Wildman–Crippen LogP) is 3.83. The number of rotatable bonds is 6. The molecule has 0 saturated carbocycles. The fraction of sp³-hybridized carbons (Fsp3) is 0.227. The highest BCUT2D eigenvalue weighted by Gasteiger charge is 2.16. The third-order valence-electron chi connectivity index (χ3n) is 4.98.